The van der Waals surface area contributed by atoms with E-state index in [4.69, 9.17) is 9.47 Å². The van der Waals surface area contributed by atoms with Crippen molar-refractivity contribution >= 4 is 5.78 Å². The van der Waals surface area contributed by atoms with E-state index in [9.17, 15) is 4.79 Å². The van der Waals surface area contributed by atoms with E-state index in [0.717, 1.165) is 41.0 Å². The molecule has 0 amide bonds. The van der Waals surface area contributed by atoms with Gasteiger partial charge in [-0.3, -0.25) is 4.79 Å². The van der Waals surface area contributed by atoms with Gasteiger partial charge in [-0.05, 0) is 35.7 Å². The summed E-state index contributed by atoms with van der Waals surface area (Å²) in [5.41, 5.74) is 3.00. The van der Waals surface area contributed by atoms with Crippen LogP contribution in [-0.2, 0) is 12.8 Å². The lowest BCUT2D eigenvalue weighted by atomic mass is 10.00. The first-order chi connectivity index (χ1) is 10.3. The van der Waals surface area contributed by atoms with Crippen molar-refractivity contribution in [2.45, 2.75) is 19.3 Å². The van der Waals surface area contributed by atoms with Crippen LogP contribution in [0.25, 0.3) is 0 Å². The molecule has 0 bridgehead atoms. The summed E-state index contributed by atoms with van der Waals surface area (Å²) in [5, 5.41) is 0. The van der Waals surface area contributed by atoms with Gasteiger partial charge in [-0.15, -0.1) is 0 Å². The lowest BCUT2D eigenvalue weighted by Crippen LogP contribution is -2.03. The molecular weight excluding hydrogens is 264 g/mol. The lowest BCUT2D eigenvalue weighted by Gasteiger charge is -2.07. The maximum atomic E-state index is 12.4. The highest BCUT2D eigenvalue weighted by molar-refractivity contribution is 5.99. The Kier molecular flexibility index (Phi) is 3.91. The average molecular weight is 282 g/mol. The minimum Gasteiger partial charge on any atom is -0.497 e. The molecule has 108 valence electrons. The van der Waals surface area contributed by atoms with Crippen molar-refractivity contribution in [3.05, 3.63) is 59.2 Å². The van der Waals surface area contributed by atoms with Crippen molar-refractivity contribution in [2.75, 3.05) is 13.7 Å². The molecule has 0 N–H and O–H groups in total. The molecule has 0 saturated heterocycles. The van der Waals surface area contributed by atoms with Gasteiger partial charge >= 0.3 is 0 Å². The van der Waals surface area contributed by atoms with E-state index in [-0.39, 0.29) is 5.78 Å². The molecule has 0 aliphatic carbocycles. The maximum absolute atomic E-state index is 12.4. The van der Waals surface area contributed by atoms with E-state index < -0.39 is 0 Å². The molecule has 0 atom stereocenters. The third-order valence-electron chi connectivity index (χ3n) is 3.81. The summed E-state index contributed by atoms with van der Waals surface area (Å²) in [5.74, 6) is 1.76. The molecule has 1 aliphatic rings. The molecule has 3 rings (SSSR count). The number of carbonyl (C=O) groups excluding carboxylic acids is 1. The summed E-state index contributed by atoms with van der Waals surface area (Å²) in [6.07, 6.45) is 2.12. The van der Waals surface area contributed by atoms with Crippen LogP contribution in [0.5, 0.6) is 11.5 Å². The van der Waals surface area contributed by atoms with Gasteiger partial charge in [0.05, 0.1) is 19.3 Å². The van der Waals surface area contributed by atoms with Gasteiger partial charge < -0.3 is 9.47 Å². The number of fused-ring (bicyclic) bond motifs is 1. The van der Waals surface area contributed by atoms with E-state index in [2.05, 4.69) is 0 Å². The van der Waals surface area contributed by atoms with E-state index in [1.807, 2.05) is 42.5 Å². The summed E-state index contributed by atoms with van der Waals surface area (Å²) < 4.78 is 10.7. The van der Waals surface area contributed by atoms with Gasteiger partial charge in [0.2, 0.25) is 0 Å². The Morgan fingerprint density at radius 1 is 1.19 bits per heavy atom. The average Bonchev–Trinajstić information content (AvgIpc) is 3.01. The Hall–Kier alpha value is -2.29. The number of carbonyl (C=O) groups is 1. The predicted molar refractivity (Wildman–Crippen MR) is 81.3 cm³/mol. The molecule has 1 aliphatic heterocycles. The highest BCUT2D eigenvalue weighted by Crippen LogP contribution is 2.30. The molecule has 1 heterocycles. The number of para-hydroxylation sites is 1. The molecule has 3 heteroatoms. The van der Waals surface area contributed by atoms with Crippen LogP contribution in [0.15, 0.2) is 42.5 Å². The standard InChI is InChI=1S/C18H18O3/c1-20-15-8-5-13(6-9-15)7-10-17(19)16-4-2-3-14-11-12-21-18(14)16/h2-6,8-9H,7,10-12H2,1H3. The van der Waals surface area contributed by atoms with Crippen LogP contribution in [0.1, 0.15) is 27.9 Å². The minimum absolute atomic E-state index is 0.143. The topological polar surface area (TPSA) is 35.5 Å². The number of methoxy groups -OCH3 is 1. The molecule has 0 aromatic heterocycles. The fourth-order valence-electron chi connectivity index (χ4n) is 2.62. The van der Waals surface area contributed by atoms with Gasteiger partial charge in [0, 0.05) is 12.8 Å². The zero-order valence-electron chi connectivity index (χ0n) is 12.1. The van der Waals surface area contributed by atoms with Crippen molar-refractivity contribution < 1.29 is 14.3 Å². The summed E-state index contributed by atoms with van der Waals surface area (Å²) in [7, 11) is 1.65. The first-order valence-electron chi connectivity index (χ1n) is 7.19. The number of ketones is 1. The number of benzene rings is 2. The zero-order valence-corrected chi connectivity index (χ0v) is 12.1. The van der Waals surface area contributed by atoms with Gasteiger partial charge in [-0.1, -0.05) is 24.3 Å². The Labute approximate surface area is 124 Å². The first kappa shape index (κ1) is 13.7. The predicted octanol–water partition coefficient (Wildman–Crippen LogP) is 3.45. The Balaban J connectivity index is 1.68. The summed E-state index contributed by atoms with van der Waals surface area (Å²) in [6, 6.07) is 13.7. The summed E-state index contributed by atoms with van der Waals surface area (Å²) in [4.78, 5) is 12.4. The zero-order chi connectivity index (χ0) is 14.7. The fourth-order valence-corrected chi connectivity index (χ4v) is 2.62. The molecule has 3 nitrogen and oxygen atoms in total. The fraction of sp³-hybridized carbons (Fsp3) is 0.278. The second kappa shape index (κ2) is 6.00. The number of aryl methyl sites for hydroxylation is 1. The van der Waals surface area contributed by atoms with Crippen LogP contribution in [-0.4, -0.2) is 19.5 Å². The Morgan fingerprint density at radius 2 is 2.00 bits per heavy atom. The lowest BCUT2D eigenvalue weighted by molar-refractivity contribution is 0.0980. The molecule has 21 heavy (non-hydrogen) atoms. The number of hydrogen-bond donors (Lipinski definition) is 0. The van der Waals surface area contributed by atoms with Gasteiger partial charge in [0.15, 0.2) is 5.78 Å². The van der Waals surface area contributed by atoms with E-state index >= 15 is 0 Å². The normalized spacial score (nSPS) is 12.6. The number of Topliss-reactive ketones (excluding diaryl/α,β-unsaturated/α-hetero) is 1. The molecule has 0 saturated carbocycles. The van der Waals surface area contributed by atoms with Crippen LogP contribution < -0.4 is 9.47 Å². The van der Waals surface area contributed by atoms with Crippen molar-refractivity contribution in [1.29, 1.82) is 0 Å². The quantitative estimate of drug-likeness (QED) is 0.788. The van der Waals surface area contributed by atoms with Crippen LogP contribution in [0.3, 0.4) is 0 Å². The summed E-state index contributed by atoms with van der Waals surface area (Å²) >= 11 is 0. The number of hydrogen-bond acceptors (Lipinski definition) is 3. The number of ether oxygens (including phenoxy) is 2. The third kappa shape index (κ3) is 2.92. The van der Waals surface area contributed by atoms with Gasteiger partial charge in [-0.2, -0.15) is 0 Å². The van der Waals surface area contributed by atoms with Crippen LogP contribution in [0.2, 0.25) is 0 Å². The third-order valence-corrected chi connectivity index (χ3v) is 3.81. The highest BCUT2D eigenvalue weighted by atomic mass is 16.5. The van der Waals surface area contributed by atoms with Crippen LogP contribution in [0, 0.1) is 0 Å². The first-order valence-corrected chi connectivity index (χ1v) is 7.19. The molecule has 0 spiro atoms. The maximum Gasteiger partial charge on any atom is 0.166 e. The van der Waals surface area contributed by atoms with E-state index in [0.29, 0.717) is 13.0 Å². The molecular formula is C18H18O3. The molecule has 0 radical (unpaired) electrons. The monoisotopic (exact) mass is 282 g/mol. The van der Waals surface area contributed by atoms with Crippen molar-refractivity contribution in [1.82, 2.24) is 0 Å². The second-order valence-electron chi connectivity index (χ2n) is 5.16. The molecule has 0 fully saturated rings. The second-order valence-corrected chi connectivity index (χ2v) is 5.16. The smallest absolute Gasteiger partial charge is 0.166 e. The SMILES string of the molecule is COc1ccc(CCC(=O)c2cccc3c2OCC3)cc1. The van der Waals surface area contributed by atoms with E-state index in [1.54, 1.807) is 7.11 Å². The van der Waals surface area contributed by atoms with Crippen molar-refractivity contribution in [3.8, 4) is 11.5 Å². The van der Waals surface area contributed by atoms with Crippen LogP contribution >= 0.6 is 0 Å². The highest BCUT2D eigenvalue weighted by Gasteiger charge is 2.19. The van der Waals surface area contributed by atoms with Gasteiger partial charge in [0.1, 0.15) is 11.5 Å². The van der Waals surface area contributed by atoms with E-state index in [1.165, 1.54) is 0 Å². The minimum atomic E-state index is 0.143. The Bertz CT molecular complexity index is 644. The Morgan fingerprint density at radius 3 is 2.76 bits per heavy atom. The molecule has 0 unspecified atom stereocenters. The molecule has 2 aromatic rings. The largest absolute Gasteiger partial charge is 0.497 e. The van der Waals surface area contributed by atoms with Crippen LogP contribution in [0.4, 0.5) is 0 Å². The summed E-state index contributed by atoms with van der Waals surface area (Å²) in [6.45, 7) is 0.679. The van der Waals surface area contributed by atoms with Gasteiger partial charge in [-0.25, -0.2) is 0 Å². The number of rotatable bonds is 5. The molecule has 2 aromatic carbocycles. The van der Waals surface area contributed by atoms with Crippen molar-refractivity contribution in [3.63, 3.8) is 0 Å². The van der Waals surface area contributed by atoms with Crippen molar-refractivity contribution in [2.24, 2.45) is 0 Å². The van der Waals surface area contributed by atoms with Gasteiger partial charge in [0.25, 0.3) is 0 Å².